The number of ether oxygens (including phenoxy) is 1. The molecule has 0 atom stereocenters. The van der Waals surface area contributed by atoms with Crippen molar-refractivity contribution in [3.63, 3.8) is 0 Å². The fourth-order valence-electron chi connectivity index (χ4n) is 4.22. The van der Waals surface area contributed by atoms with E-state index in [4.69, 9.17) is 20.3 Å². The van der Waals surface area contributed by atoms with Gasteiger partial charge in [-0.2, -0.15) is 30.7 Å². The van der Waals surface area contributed by atoms with E-state index in [0.717, 1.165) is 27.8 Å². The minimum atomic E-state index is -3.68. The third-order valence-electron chi connectivity index (χ3n) is 6.12. The largest absolute Gasteiger partial charge is 0.444 e. The van der Waals surface area contributed by atoms with Gasteiger partial charge in [-0.05, 0) is 73.6 Å². The van der Waals surface area contributed by atoms with Crippen molar-refractivity contribution in [3.8, 4) is 6.07 Å². The molecule has 2 aromatic rings. The van der Waals surface area contributed by atoms with Gasteiger partial charge in [-0.3, -0.25) is 0 Å². The molecule has 0 bridgehead atoms. The molecule has 0 saturated carbocycles. The van der Waals surface area contributed by atoms with E-state index in [1.807, 2.05) is 30.3 Å². The van der Waals surface area contributed by atoms with Crippen LogP contribution in [0.2, 0.25) is 0 Å². The SMILES string of the molecule is CC(C)(C)OC(=O)NCc1ccc2c(c1)CN(S(N)(=O)=O)CC2.N#Cc1ccc2c(c1)CN(S(N)(=O)=O)CC2. The quantitative estimate of drug-likeness (QED) is 0.488. The topological polar surface area (TPSA) is 189 Å². The predicted molar refractivity (Wildman–Crippen MR) is 145 cm³/mol. The maximum absolute atomic E-state index is 11.7. The Morgan fingerprint density at radius 3 is 1.92 bits per heavy atom. The number of rotatable bonds is 4. The van der Waals surface area contributed by atoms with E-state index >= 15 is 0 Å². The molecule has 0 aliphatic carbocycles. The lowest BCUT2D eigenvalue weighted by atomic mass is 9.98. The van der Waals surface area contributed by atoms with Gasteiger partial charge in [-0.25, -0.2) is 15.1 Å². The van der Waals surface area contributed by atoms with Gasteiger partial charge in [0.2, 0.25) is 0 Å². The first-order chi connectivity index (χ1) is 18.0. The second kappa shape index (κ2) is 12.0. The van der Waals surface area contributed by atoms with Crippen LogP contribution in [0, 0.1) is 11.3 Å². The Kier molecular flexibility index (Phi) is 9.37. The Hall–Kier alpha value is -3.06. The van der Waals surface area contributed by atoms with Gasteiger partial charge in [-0.15, -0.1) is 0 Å². The fourth-order valence-corrected chi connectivity index (χ4v) is 5.55. The summed E-state index contributed by atoms with van der Waals surface area (Å²) in [6, 6.07) is 13.1. The molecule has 4 rings (SSSR count). The normalized spacial score (nSPS) is 16.1. The smallest absolute Gasteiger partial charge is 0.407 e. The zero-order chi connectivity index (χ0) is 29.0. The summed E-state index contributed by atoms with van der Waals surface area (Å²) in [6.45, 7) is 7.02. The van der Waals surface area contributed by atoms with E-state index in [1.165, 1.54) is 8.61 Å². The van der Waals surface area contributed by atoms with E-state index in [0.29, 0.717) is 38.0 Å². The van der Waals surface area contributed by atoms with E-state index in [-0.39, 0.29) is 13.1 Å². The molecule has 0 fully saturated rings. The van der Waals surface area contributed by atoms with Crippen molar-refractivity contribution in [2.24, 2.45) is 10.3 Å². The number of hydrogen-bond donors (Lipinski definition) is 3. The summed E-state index contributed by atoms with van der Waals surface area (Å²) in [4.78, 5) is 11.7. The molecule has 2 aromatic carbocycles. The number of carbonyl (C=O) groups excluding carboxylic acids is 1. The number of fused-ring (bicyclic) bond motifs is 2. The highest BCUT2D eigenvalue weighted by Crippen LogP contribution is 2.22. The highest BCUT2D eigenvalue weighted by molar-refractivity contribution is 7.87. The number of nitrogens with one attached hydrogen (secondary N) is 1. The Morgan fingerprint density at radius 1 is 0.923 bits per heavy atom. The Balaban J connectivity index is 0.000000230. The number of carbonyl (C=O) groups is 1. The lowest BCUT2D eigenvalue weighted by Crippen LogP contribution is -2.40. The zero-order valence-electron chi connectivity index (χ0n) is 22.2. The number of benzene rings is 2. The second-order valence-electron chi connectivity index (χ2n) is 10.3. The van der Waals surface area contributed by atoms with Crippen molar-refractivity contribution in [1.82, 2.24) is 13.9 Å². The van der Waals surface area contributed by atoms with E-state index in [2.05, 4.69) is 5.32 Å². The van der Waals surface area contributed by atoms with Gasteiger partial charge in [0.05, 0.1) is 11.6 Å². The van der Waals surface area contributed by atoms with Crippen molar-refractivity contribution >= 4 is 26.5 Å². The lowest BCUT2D eigenvalue weighted by Gasteiger charge is -2.26. The molecule has 5 N–H and O–H groups in total. The molecule has 0 spiro atoms. The number of hydrogen-bond acceptors (Lipinski definition) is 7. The van der Waals surface area contributed by atoms with Crippen LogP contribution in [0.25, 0.3) is 0 Å². The average molecular weight is 579 g/mol. The van der Waals surface area contributed by atoms with Crippen LogP contribution in [-0.2, 0) is 57.6 Å². The average Bonchev–Trinajstić information content (AvgIpc) is 2.84. The van der Waals surface area contributed by atoms with Crippen LogP contribution in [0.15, 0.2) is 36.4 Å². The molecular weight excluding hydrogens is 544 g/mol. The summed E-state index contributed by atoms with van der Waals surface area (Å²) in [5, 5.41) is 21.7. The van der Waals surface area contributed by atoms with Crippen LogP contribution >= 0.6 is 0 Å². The lowest BCUT2D eigenvalue weighted by molar-refractivity contribution is 0.0523. The molecule has 12 nitrogen and oxygen atoms in total. The number of alkyl carbamates (subject to hydrolysis) is 1. The summed E-state index contributed by atoms with van der Waals surface area (Å²) in [6.07, 6.45) is 0.782. The second-order valence-corrected chi connectivity index (χ2v) is 13.4. The summed E-state index contributed by atoms with van der Waals surface area (Å²) in [5.74, 6) is 0. The molecule has 0 unspecified atom stereocenters. The summed E-state index contributed by atoms with van der Waals surface area (Å²) >= 11 is 0. The summed E-state index contributed by atoms with van der Waals surface area (Å²) in [7, 11) is -7.32. The minimum Gasteiger partial charge on any atom is -0.444 e. The first kappa shape index (κ1) is 30.5. The van der Waals surface area contributed by atoms with Crippen molar-refractivity contribution in [2.45, 2.75) is 58.8 Å². The van der Waals surface area contributed by atoms with Crippen LogP contribution in [0.1, 0.15) is 54.2 Å². The molecule has 212 valence electrons. The minimum absolute atomic E-state index is 0.254. The van der Waals surface area contributed by atoms with E-state index < -0.39 is 32.1 Å². The third-order valence-corrected chi connectivity index (χ3v) is 8.18. The van der Waals surface area contributed by atoms with Crippen molar-refractivity contribution < 1.29 is 26.4 Å². The van der Waals surface area contributed by atoms with Crippen LogP contribution < -0.4 is 15.6 Å². The number of nitriles is 1. The molecule has 39 heavy (non-hydrogen) atoms. The maximum Gasteiger partial charge on any atom is 0.407 e. The van der Waals surface area contributed by atoms with Gasteiger partial charge in [0.1, 0.15) is 5.60 Å². The van der Waals surface area contributed by atoms with Crippen LogP contribution in [0.4, 0.5) is 4.79 Å². The molecule has 0 aromatic heterocycles. The van der Waals surface area contributed by atoms with Crippen molar-refractivity contribution in [3.05, 3.63) is 69.8 Å². The summed E-state index contributed by atoms with van der Waals surface area (Å²) in [5.41, 5.74) is 4.83. The van der Waals surface area contributed by atoms with Gasteiger partial charge >= 0.3 is 6.09 Å². The number of amides is 1. The number of nitrogens with two attached hydrogens (primary N) is 2. The van der Waals surface area contributed by atoms with Gasteiger partial charge in [0, 0.05) is 32.7 Å². The molecule has 1 amide bonds. The van der Waals surface area contributed by atoms with Crippen LogP contribution in [-0.4, -0.2) is 50.2 Å². The number of nitrogens with zero attached hydrogens (tertiary/aromatic N) is 3. The molecule has 2 aliphatic heterocycles. The predicted octanol–water partition coefficient (Wildman–Crippen LogP) is 1.39. The Labute approximate surface area is 229 Å². The molecule has 2 aliphatic rings. The maximum atomic E-state index is 11.7. The Morgan fingerprint density at radius 2 is 1.44 bits per heavy atom. The van der Waals surface area contributed by atoms with Gasteiger partial charge in [0.25, 0.3) is 20.4 Å². The Bertz CT molecular complexity index is 1480. The molecular formula is C25H34N6O6S2. The van der Waals surface area contributed by atoms with Crippen LogP contribution in [0.5, 0.6) is 0 Å². The third kappa shape index (κ3) is 8.99. The van der Waals surface area contributed by atoms with Gasteiger partial charge < -0.3 is 10.1 Å². The first-order valence-electron chi connectivity index (χ1n) is 12.2. The van der Waals surface area contributed by atoms with E-state index in [1.54, 1.807) is 32.9 Å². The van der Waals surface area contributed by atoms with Crippen molar-refractivity contribution in [1.29, 1.82) is 5.26 Å². The highest BCUT2D eigenvalue weighted by atomic mass is 32.2. The molecule has 2 heterocycles. The standard InChI is InChI=1S/C15H23N3O4S.C10H11N3O2S/c1-15(2,3)22-14(19)17-9-11-4-5-12-6-7-18(23(16,20)21)10-13(12)8-11;11-6-8-1-2-9-3-4-13(16(12,14)15)7-10(9)5-8/h4-5,8H,6-7,9-10H2,1-3H3,(H,17,19)(H2,16,20,21);1-2,5H,3-4,7H2,(H2,12,14,15). The highest BCUT2D eigenvalue weighted by Gasteiger charge is 2.25. The van der Waals surface area contributed by atoms with Crippen LogP contribution in [0.3, 0.4) is 0 Å². The molecule has 0 saturated heterocycles. The fraction of sp³-hybridized carbons (Fsp3) is 0.440. The first-order valence-corrected chi connectivity index (χ1v) is 15.2. The molecule has 0 radical (unpaired) electrons. The van der Waals surface area contributed by atoms with E-state index in [9.17, 15) is 21.6 Å². The van der Waals surface area contributed by atoms with Crippen molar-refractivity contribution in [2.75, 3.05) is 13.1 Å². The summed E-state index contributed by atoms with van der Waals surface area (Å²) < 4.78 is 52.9. The zero-order valence-corrected chi connectivity index (χ0v) is 23.8. The van der Waals surface area contributed by atoms with Gasteiger partial charge in [0.15, 0.2) is 0 Å². The molecule has 14 heteroatoms. The van der Waals surface area contributed by atoms with Gasteiger partial charge in [-0.1, -0.05) is 24.3 Å². The monoisotopic (exact) mass is 578 g/mol.